The Kier molecular flexibility index (Phi) is 9.91. The van der Waals surface area contributed by atoms with Crippen LogP contribution in [0.5, 0.6) is 0 Å². The zero-order chi connectivity index (χ0) is 24.2. The van der Waals surface area contributed by atoms with Gasteiger partial charge in [0.1, 0.15) is 0 Å². The van der Waals surface area contributed by atoms with E-state index in [0.29, 0.717) is 29.9 Å². The molecule has 1 fully saturated rings. The van der Waals surface area contributed by atoms with E-state index in [1.807, 2.05) is 0 Å². The summed E-state index contributed by atoms with van der Waals surface area (Å²) in [4.78, 5) is 36.6. The first-order valence-electron chi connectivity index (χ1n) is 12.0. The lowest BCUT2D eigenvalue weighted by Gasteiger charge is -2.12. The van der Waals surface area contributed by atoms with Gasteiger partial charge in [-0.25, -0.2) is 0 Å². The van der Waals surface area contributed by atoms with Crippen molar-refractivity contribution in [3.8, 4) is 0 Å². The monoisotopic (exact) mass is 466 g/mol. The highest BCUT2D eigenvalue weighted by Gasteiger charge is 2.16. The summed E-state index contributed by atoms with van der Waals surface area (Å²) in [6.07, 6.45) is 5.57. The van der Waals surface area contributed by atoms with Crippen molar-refractivity contribution in [2.75, 3.05) is 35.6 Å². The first kappa shape index (κ1) is 25.2. The lowest BCUT2D eigenvalue weighted by molar-refractivity contribution is -0.116. The van der Waals surface area contributed by atoms with Crippen molar-refractivity contribution in [3.05, 3.63) is 54.1 Å². The third-order valence-electron chi connectivity index (χ3n) is 5.55. The topological polar surface area (TPSA) is 109 Å². The molecular formula is C26H34N4O4. The van der Waals surface area contributed by atoms with Crippen LogP contribution in [0.4, 0.5) is 17.1 Å². The molecule has 1 aliphatic rings. The van der Waals surface area contributed by atoms with Crippen LogP contribution in [0.3, 0.4) is 0 Å². The van der Waals surface area contributed by atoms with Crippen LogP contribution in [0.25, 0.3) is 0 Å². The number of anilines is 3. The van der Waals surface area contributed by atoms with Crippen LogP contribution in [0.15, 0.2) is 48.5 Å². The Morgan fingerprint density at radius 1 is 0.941 bits per heavy atom. The summed E-state index contributed by atoms with van der Waals surface area (Å²) in [7, 11) is 0. The van der Waals surface area contributed by atoms with Crippen molar-refractivity contribution in [1.29, 1.82) is 0 Å². The van der Waals surface area contributed by atoms with Crippen molar-refractivity contribution < 1.29 is 19.1 Å². The van der Waals surface area contributed by atoms with E-state index in [0.717, 1.165) is 44.4 Å². The lowest BCUT2D eigenvalue weighted by atomic mass is 10.2. The maximum absolute atomic E-state index is 12.3. The molecule has 8 nitrogen and oxygen atoms in total. The smallest absolute Gasteiger partial charge is 0.251 e. The van der Waals surface area contributed by atoms with Crippen LogP contribution in [0.2, 0.25) is 0 Å². The average molecular weight is 467 g/mol. The summed E-state index contributed by atoms with van der Waals surface area (Å²) in [6, 6.07) is 14.1. The van der Waals surface area contributed by atoms with E-state index in [1.54, 1.807) is 48.5 Å². The Bertz CT molecular complexity index is 956. The second kappa shape index (κ2) is 13.3. The Hall–Kier alpha value is -3.39. The van der Waals surface area contributed by atoms with Crippen molar-refractivity contribution >= 4 is 34.8 Å². The molecule has 2 aromatic carbocycles. The molecule has 3 amide bonds. The van der Waals surface area contributed by atoms with Gasteiger partial charge < -0.3 is 26.0 Å². The molecular weight excluding hydrogens is 432 g/mol. The zero-order valence-corrected chi connectivity index (χ0v) is 19.7. The molecule has 1 heterocycles. The molecule has 3 rings (SSSR count). The number of unbranched alkanes of at least 4 members (excludes halogenated alkanes) is 2. The van der Waals surface area contributed by atoms with Gasteiger partial charge in [0, 0.05) is 42.2 Å². The number of carbonyl (C=O) groups excluding carboxylic acids is 3. The zero-order valence-electron chi connectivity index (χ0n) is 19.7. The first-order valence-corrected chi connectivity index (χ1v) is 12.0. The van der Waals surface area contributed by atoms with Gasteiger partial charge in [-0.3, -0.25) is 14.4 Å². The second-order valence-electron chi connectivity index (χ2n) is 8.41. The van der Waals surface area contributed by atoms with E-state index < -0.39 is 0 Å². The minimum absolute atomic E-state index is 0.0254. The van der Waals surface area contributed by atoms with Gasteiger partial charge in [0.05, 0.1) is 12.6 Å². The molecule has 0 bridgehead atoms. The van der Waals surface area contributed by atoms with Gasteiger partial charge in [0.15, 0.2) is 0 Å². The van der Waals surface area contributed by atoms with Crippen molar-refractivity contribution in [2.24, 2.45) is 0 Å². The number of benzene rings is 2. The van der Waals surface area contributed by atoms with Gasteiger partial charge >= 0.3 is 0 Å². The van der Waals surface area contributed by atoms with Gasteiger partial charge in [-0.15, -0.1) is 0 Å². The minimum Gasteiger partial charge on any atom is -0.376 e. The highest BCUT2D eigenvalue weighted by Crippen LogP contribution is 2.16. The summed E-state index contributed by atoms with van der Waals surface area (Å²) in [5, 5.41) is 11.6. The maximum atomic E-state index is 12.3. The van der Waals surface area contributed by atoms with Gasteiger partial charge in [-0.1, -0.05) is 25.8 Å². The first-order chi connectivity index (χ1) is 16.5. The van der Waals surface area contributed by atoms with E-state index in [4.69, 9.17) is 4.74 Å². The molecule has 0 aliphatic carbocycles. The fraction of sp³-hybridized carbons (Fsp3) is 0.423. The molecule has 182 valence electrons. The van der Waals surface area contributed by atoms with Crippen molar-refractivity contribution in [3.63, 3.8) is 0 Å². The van der Waals surface area contributed by atoms with Crippen LogP contribution in [0.1, 0.15) is 55.8 Å². The van der Waals surface area contributed by atoms with Crippen molar-refractivity contribution in [1.82, 2.24) is 5.32 Å². The highest BCUT2D eigenvalue weighted by atomic mass is 16.5. The van der Waals surface area contributed by atoms with Gasteiger partial charge in [0.2, 0.25) is 11.8 Å². The molecule has 0 radical (unpaired) electrons. The number of hydrogen-bond acceptors (Lipinski definition) is 5. The molecule has 0 saturated carbocycles. The normalized spacial score (nSPS) is 14.9. The van der Waals surface area contributed by atoms with E-state index in [9.17, 15) is 14.4 Å². The summed E-state index contributed by atoms with van der Waals surface area (Å²) in [5.74, 6) is -0.385. The summed E-state index contributed by atoms with van der Waals surface area (Å²) in [6.45, 7) is 3.44. The third-order valence-corrected chi connectivity index (χ3v) is 5.55. The van der Waals surface area contributed by atoms with Crippen LogP contribution in [0, 0.1) is 0 Å². The number of nitrogens with one attached hydrogen (secondary N) is 4. The summed E-state index contributed by atoms with van der Waals surface area (Å²) >= 11 is 0. The Morgan fingerprint density at radius 3 is 2.35 bits per heavy atom. The van der Waals surface area contributed by atoms with E-state index in [2.05, 4.69) is 28.2 Å². The fourth-order valence-corrected chi connectivity index (χ4v) is 3.67. The Labute approximate surface area is 200 Å². The maximum Gasteiger partial charge on any atom is 0.251 e. The third kappa shape index (κ3) is 8.51. The molecule has 2 aromatic rings. The Morgan fingerprint density at radius 2 is 1.68 bits per heavy atom. The Balaban J connectivity index is 1.41. The fourth-order valence-electron chi connectivity index (χ4n) is 3.67. The van der Waals surface area contributed by atoms with E-state index in [-0.39, 0.29) is 30.4 Å². The SMILES string of the molecule is CCCCCC(=O)Nc1cccc(NC(=O)CNc2ccc(C(=O)NCC3CCCO3)cc2)c1. The lowest BCUT2D eigenvalue weighted by Crippen LogP contribution is -2.31. The molecule has 1 saturated heterocycles. The average Bonchev–Trinajstić information content (AvgIpc) is 3.36. The van der Waals surface area contributed by atoms with Crippen LogP contribution >= 0.6 is 0 Å². The van der Waals surface area contributed by atoms with Crippen LogP contribution in [-0.4, -0.2) is 43.5 Å². The van der Waals surface area contributed by atoms with Crippen LogP contribution in [-0.2, 0) is 14.3 Å². The molecule has 8 heteroatoms. The number of hydrogen-bond donors (Lipinski definition) is 4. The van der Waals surface area contributed by atoms with Gasteiger partial charge in [-0.2, -0.15) is 0 Å². The molecule has 1 aliphatic heterocycles. The molecule has 0 spiro atoms. The minimum atomic E-state index is -0.218. The predicted octanol–water partition coefficient (Wildman–Crippen LogP) is 4.16. The second-order valence-corrected chi connectivity index (χ2v) is 8.41. The molecule has 1 unspecified atom stereocenters. The molecule has 34 heavy (non-hydrogen) atoms. The molecule has 4 N–H and O–H groups in total. The predicted molar refractivity (Wildman–Crippen MR) is 134 cm³/mol. The summed E-state index contributed by atoms with van der Waals surface area (Å²) < 4.78 is 5.52. The van der Waals surface area contributed by atoms with Gasteiger partial charge in [-0.05, 0) is 61.7 Å². The number of carbonyl (C=O) groups is 3. The van der Waals surface area contributed by atoms with Crippen molar-refractivity contribution in [2.45, 2.75) is 51.6 Å². The summed E-state index contributed by atoms with van der Waals surface area (Å²) in [5.41, 5.74) is 2.55. The molecule has 1 atom stereocenters. The highest BCUT2D eigenvalue weighted by molar-refractivity contribution is 5.96. The standard InChI is InChI=1S/C26H34N4O4/c1-2-3-4-10-24(31)29-21-7-5-8-22(16-21)30-25(32)18-27-20-13-11-19(12-14-20)26(33)28-17-23-9-6-15-34-23/h5,7-8,11-14,16,23,27H,2-4,6,9-10,15,17-18H2,1H3,(H,28,33)(H,29,31)(H,30,32). The molecule has 0 aromatic heterocycles. The number of ether oxygens (including phenoxy) is 1. The van der Waals surface area contributed by atoms with E-state index in [1.165, 1.54) is 0 Å². The number of rotatable bonds is 12. The van der Waals surface area contributed by atoms with Crippen LogP contribution < -0.4 is 21.3 Å². The number of amides is 3. The van der Waals surface area contributed by atoms with Gasteiger partial charge in [0.25, 0.3) is 5.91 Å². The van der Waals surface area contributed by atoms with E-state index >= 15 is 0 Å². The largest absolute Gasteiger partial charge is 0.376 e. The quantitative estimate of drug-likeness (QED) is 0.351.